The Morgan fingerprint density at radius 2 is 1.86 bits per heavy atom. The highest BCUT2D eigenvalue weighted by Crippen LogP contribution is 2.07. The lowest BCUT2D eigenvalue weighted by Gasteiger charge is -2.07. The van der Waals surface area contributed by atoms with Gasteiger partial charge in [-0.15, -0.1) is 0 Å². The molecule has 1 aliphatic heterocycles. The van der Waals surface area contributed by atoms with Gasteiger partial charge in [0.1, 0.15) is 12.6 Å². The molecular weight excluding hydrogens is 272 g/mol. The minimum Gasteiger partial charge on any atom is -0.545 e. The summed E-state index contributed by atoms with van der Waals surface area (Å²) in [7, 11) is 4.28. The first-order valence-electron chi connectivity index (χ1n) is 6.56. The van der Waals surface area contributed by atoms with Gasteiger partial charge in [-0.05, 0) is 13.0 Å². The van der Waals surface area contributed by atoms with Crippen LogP contribution in [0.1, 0.15) is 34.6 Å². The number of carboxylic acids is 2. The van der Waals surface area contributed by atoms with Gasteiger partial charge in [0.15, 0.2) is 0 Å². The lowest BCUT2D eigenvalue weighted by molar-refractivity contribution is -0.490. The van der Waals surface area contributed by atoms with Crippen LogP contribution < -0.4 is 5.11 Å². The fraction of sp³-hybridized carbons (Fsp3) is 0.400. The third kappa shape index (κ3) is 4.05. The Kier molecular flexibility index (Phi) is 5.46. The molecule has 1 aliphatic rings. The number of likely N-dealkylation sites (N-methyl/N-ethyl adjacent to an activating group) is 2. The number of rotatable bonds is 2. The van der Waals surface area contributed by atoms with E-state index in [1.54, 1.807) is 0 Å². The maximum Gasteiger partial charge on any atom is 0.336 e. The normalized spacial score (nSPS) is 17.3. The van der Waals surface area contributed by atoms with E-state index in [0.717, 1.165) is 0 Å². The Morgan fingerprint density at radius 3 is 2.10 bits per heavy atom. The van der Waals surface area contributed by atoms with Crippen LogP contribution in [0.5, 0.6) is 0 Å². The van der Waals surface area contributed by atoms with Crippen LogP contribution in [-0.4, -0.2) is 59.0 Å². The highest BCUT2D eigenvalue weighted by atomic mass is 16.4. The fourth-order valence-corrected chi connectivity index (χ4v) is 2.09. The number of carboxylic acid groups (broad SMARTS) is 2. The maximum atomic E-state index is 10.4. The number of benzene rings is 1. The highest BCUT2D eigenvalue weighted by molar-refractivity contribution is 6.00. The van der Waals surface area contributed by atoms with Crippen molar-refractivity contribution in [1.82, 2.24) is 4.90 Å². The predicted octanol–water partition coefficient (Wildman–Crippen LogP) is 0.129. The minimum atomic E-state index is -1.48. The van der Waals surface area contributed by atoms with Crippen LogP contribution in [0.15, 0.2) is 24.3 Å². The van der Waals surface area contributed by atoms with E-state index in [1.807, 2.05) is 0 Å². The lowest BCUT2D eigenvalue weighted by Crippen LogP contribution is -2.28. The fourth-order valence-electron chi connectivity index (χ4n) is 2.09. The number of hydrogen-bond donors (Lipinski definition) is 1. The number of aromatic carboxylic acids is 2. The molecule has 1 unspecified atom stereocenters. The van der Waals surface area contributed by atoms with Crippen LogP contribution in [0.25, 0.3) is 0 Å². The molecule has 6 nitrogen and oxygen atoms in total. The zero-order valence-corrected chi connectivity index (χ0v) is 12.7. The first-order chi connectivity index (χ1) is 9.75. The molecule has 1 N–H and O–H groups in total. The Labute approximate surface area is 123 Å². The third-order valence-electron chi connectivity index (χ3n) is 3.64. The molecular formula is C15H20N2O4. The second-order valence-electron chi connectivity index (χ2n) is 5.03. The van der Waals surface area contributed by atoms with Gasteiger partial charge in [0.2, 0.25) is 5.84 Å². The standard InChI is InChI=1S/C8H6O4.C7H15N2/c9-7(10)5-3-1-2-4-6(5)8(11)12;1-6-5-8(3)7(2)9(6)4/h1-4H,(H,9,10)(H,11,12);6H,5H2,1-4H3/q;+1/p-1. The van der Waals surface area contributed by atoms with Crippen molar-refractivity contribution in [2.24, 2.45) is 0 Å². The summed E-state index contributed by atoms with van der Waals surface area (Å²) in [6.45, 7) is 5.57. The Bertz CT molecular complexity index is 548. The van der Waals surface area contributed by atoms with Gasteiger partial charge in [0.25, 0.3) is 0 Å². The zero-order chi connectivity index (χ0) is 16.2. The molecule has 6 heteroatoms. The molecule has 0 saturated carbocycles. The average Bonchev–Trinajstić information content (AvgIpc) is 2.66. The topological polar surface area (TPSA) is 83.7 Å². The quantitative estimate of drug-likeness (QED) is 0.783. The molecule has 1 atom stereocenters. The van der Waals surface area contributed by atoms with E-state index in [0.29, 0.717) is 6.04 Å². The Morgan fingerprint density at radius 1 is 1.33 bits per heavy atom. The average molecular weight is 292 g/mol. The smallest absolute Gasteiger partial charge is 0.336 e. The van der Waals surface area contributed by atoms with Gasteiger partial charge in [-0.2, -0.15) is 0 Å². The van der Waals surface area contributed by atoms with Crippen LogP contribution in [0.4, 0.5) is 0 Å². The summed E-state index contributed by atoms with van der Waals surface area (Å²) in [6.07, 6.45) is 0. The van der Waals surface area contributed by atoms with Crippen LogP contribution in [0, 0.1) is 0 Å². The third-order valence-corrected chi connectivity index (χ3v) is 3.64. The van der Waals surface area contributed by atoms with Crippen molar-refractivity contribution in [3.63, 3.8) is 0 Å². The summed E-state index contributed by atoms with van der Waals surface area (Å²) >= 11 is 0. The molecule has 0 spiro atoms. The Balaban J connectivity index is 0.000000219. The van der Waals surface area contributed by atoms with Gasteiger partial charge in [0, 0.05) is 12.5 Å². The SMILES string of the molecule is CC1=[N+](C)CC(C)N1C.O=C([O-])c1ccccc1C(=O)O. The van der Waals surface area contributed by atoms with Crippen LogP contribution in [-0.2, 0) is 0 Å². The van der Waals surface area contributed by atoms with Gasteiger partial charge in [-0.1, -0.05) is 18.2 Å². The maximum absolute atomic E-state index is 10.4. The van der Waals surface area contributed by atoms with E-state index in [2.05, 4.69) is 37.4 Å². The molecule has 0 saturated heterocycles. The number of carbonyl (C=O) groups is 2. The number of carbonyl (C=O) groups excluding carboxylic acids is 1. The first-order valence-corrected chi connectivity index (χ1v) is 6.56. The van der Waals surface area contributed by atoms with Crippen molar-refractivity contribution in [3.8, 4) is 0 Å². The predicted molar refractivity (Wildman–Crippen MR) is 76.7 cm³/mol. The van der Waals surface area contributed by atoms with E-state index in [9.17, 15) is 14.7 Å². The van der Waals surface area contributed by atoms with Gasteiger partial charge in [-0.25, -0.2) is 4.79 Å². The second-order valence-corrected chi connectivity index (χ2v) is 5.03. The van der Waals surface area contributed by atoms with Crippen molar-refractivity contribution < 1.29 is 24.4 Å². The molecule has 1 heterocycles. The molecule has 0 radical (unpaired) electrons. The molecule has 0 amide bonds. The largest absolute Gasteiger partial charge is 0.545 e. The molecule has 0 bridgehead atoms. The first kappa shape index (κ1) is 16.7. The van der Waals surface area contributed by atoms with Gasteiger partial charge < -0.3 is 15.0 Å². The number of amidine groups is 1. The minimum absolute atomic E-state index is 0.252. The van der Waals surface area contributed by atoms with Crippen LogP contribution >= 0.6 is 0 Å². The molecule has 21 heavy (non-hydrogen) atoms. The number of hydrogen-bond acceptors (Lipinski definition) is 4. The molecule has 0 fully saturated rings. The zero-order valence-electron chi connectivity index (χ0n) is 12.7. The van der Waals surface area contributed by atoms with Gasteiger partial charge in [-0.3, -0.25) is 9.48 Å². The lowest BCUT2D eigenvalue weighted by atomic mass is 10.1. The monoisotopic (exact) mass is 292 g/mol. The number of nitrogens with zero attached hydrogens (tertiary/aromatic N) is 2. The summed E-state index contributed by atoms with van der Waals surface area (Å²) in [5, 5.41) is 18.9. The summed E-state index contributed by atoms with van der Waals surface area (Å²) in [6, 6.07) is 6.00. The van der Waals surface area contributed by atoms with E-state index >= 15 is 0 Å². The van der Waals surface area contributed by atoms with E-state index < -0.39 is 11.9 Å². The molecule has 0 aliphatic carbocycles. The molecule has 2 rings (SSSR count). The highest BCUT2D eigenvalue weighted by Gasteiger charge is 2.27. The van der Waals surface area contributed by atoms with E-state index in [4.69, 9.17) is 5.11 Å². The molecule has 1 aromatic rings. The molecule has 0 aromatic heterocycles. The van der Waals surface area contributed by atoms with E-state index in [1.165, 1.54) is 36.6 Å². The van der Waals surface area contributed by atoms with Crippen molar-refractivity contribution in [2.45, 2.75) is 19.9 Å². The van der Waals surface area contributed by atoms with Gasteiger partial charge >= 0.3 is 5.97 Å². The van der Waals surface area contributed by atoms with Crippen LogP contribution in [0.3, 0.4) is 0 Å². The Hall–Kier alpha value is -2.37. The summed E-state index contributed by atoms with van der Waals surface area (Å²) in [5.41, 5.74) is -0.553. The summed E-state index contributed by atoms with van der Waals surface area (Å²) in [5.74, 6) is -1.37. The molecule has 114 valence electrons. The van der Waals surface area contributed by atoms with Crippen molar-refractivity contribution >= 4 is 17.8 Å². The van der Waals surface area contributed by atoms with Crippen LogP contribution in [0.2, 0.25) is 0 Å². The summed E-state index contributed by atoms with van der Waals surface area (Å²) in [4.78, 5) is 23.1. The van der Waals surface area contributed by atoms with E-state index in [-0.39, 0.29) is 11.1 Å². The van der Waals surface area contributed by atoms with Crippen molar-refractivity contribution in [1.29, 1.82) is 0 Å². The van der Waals surface area contributed by atoms with Gasteiger partial charge in [0.05, 0.1) is 25.6 Å². The second kappa shape index (κ2) is 6.88. The van der Waals surface area contributed by atoms with Crippen molar-refractivity contribution in [2.75, 3.05) is 20.6 Å². The van der Waals surface area contributed by atoms with Crippen molar-refractivity contribution in [3.05, 3.63) is 35.4 Å². The molecule has 1 aromatic carbocycles. The summed E-state index contributed by atoms with van der Waals surface area (Å²) < 4.78 is 2.28.